The van der Waals surface area contributed by atoms with E-state index in [9.17, 15) is 0 Å². The van der Waals surface area contributed by atoms with Gasteiger partial charge in [0.15, 0.2) is 0 Å². The summed E-state index contributed by atoms with van der Waals surface area (Å²) in [6, 6.07) is 0. The van der Waals surface area contributed by atoms with Crippen LogP contribution in [0.4, 0.5) is 0 Å². The minimum absolute atomic E-state index is 0.383. The molecule has 1 atom stereocenters. The Labute approximate surface area is 77.1 Å². The molecule has 1 rings (SSSR count). The molecule has 1 heterocycles. The van der Waals surface area contributed by atoms with Crippen LogP contribution in [-0.4, -0.2) is 23.5 Å². The van der Waals surface area contributed by atoms with Crippen molar-refractivity contribution in [3.63, 3.8) is 0 Å². The van der Waals surface area contributed by atoms with Crippen molar-refractivity contribution in [2.24, 2.45) is 5.92 Å². The van der Waals surface area contributed by atoms with Gasteiger partial charge in [0.25, 0.3) is 0 Å². The third-order valence-electron chi connectivity index (χ3n) is 3.05. The van der Waals surface area contributed by atoms with E-state index >= 15 is 0 Å². The second-order valence-corrected chi connectivity index (χ2v) is 5.03. The average Bonchev–Trinajstić information content (AvgIpc) is 2.03. The Morgan fingerprint density at radius 3 is 2.50 bits per heavy atom. The predicted molar refractivity (Wildman–Crippen MR) is 54.3 cm³/mol. The lowest BCUT2D eigenvalue weighted by atomic mass is 9.92. The summed E-state index contributed by atoms with van der Waals surface area (Å²) < 4.78 is 0. The molecule has 0 amide bonds. The molecule has 0 aromatic rings. The fraction of sp³-hybridized carbons (Fsp3) is 1.00. The first-order valence-corrected chi connectivity index (χ1v) is 5.29. The van der Waals surface area contributed by atoms with Crippen molar-refractivity contribution in [2.45, 2.75) is 52.5 Å². The van der Waals surface area contributed by atoms with Gasteiger partial charge in [-0.05, 0) is 46.1 Å². The molecule has 1 nitrogen and oxygen atoms in total. The van der Waals surface area contributed by atoms with E-state index in [4.69, 9.17) is 0 Å². The Morgan fingerprint density at radius 2 is 2.00 bits per heavy atom. The fourth-order valence-electron chi connectivity index (χ4n) is 2.01. The Kier molecular flexibility index (Phi) is 3.16. The Balaban J connectivity index is 2.46. The van der Waals surface area contributed by atoms with Crippen LogP contribution in [0.3, 0.4) is 0 Å². The van der Waals surface area contributed by atoms with E-state index in [1.807, 2.05) is 0 Å². The van der Waals surface area contributed by atoms with Gasteiger partial charge in [0.1, 0.15) is 0 Å². The molecule has 0 radical (unpaired) electrons. The summed E-state index contributed by atoms with van der Waals surface area (Å²) in [6.07, 6.45) is 4.20. The van der Waals surface area contributed by atoms with E-state index in [1.54, 1.807) is 0 Å². The van der Waals surface area contributed by atoms with E-state index in [0.717, 1.165) is 5.92 Å². The highest BCUT2D eigenvalue weighted by molar-refractivity contribution is 4.81. The van der Waals surface area contributed by atoms with Gasteiger partial charge >= 0.3 is 0 Å². The lowest BCUT2D eigenvalue weighted by molar-refractivity contribution is 0.0778. The molecule has 0 aromatic heterocycles. The van der Waals surface area contributed by atoms with Crippen molar-refractivity contribution >= 4 is 0 Å². The Hall–Kier alpha value is -0.0400. The number of likely N-dealkylation sites (tertiary alicyclic amines) is 1. The molecule has 0 N–H and O–H groups in total. The van der Waals surface area contributed by atoms with Gasteiger partial charge in [-0.3, -0.25) is 4.90 Å². The zero-order chi connectivity index (χ0) is 9.19. The van der Waals surface area contributed by atoms with E-state index in [-0.39, 0.29) is 0 Å². The first-order chi connectivity index (χ1) is 5.54. The van der Waals surface area contributed by atoms with Gasteiger partial charge in [-0.1, -0.05) is 13.3 Å². The molecule has 0 saturated carbocycles. The van der Waals surface area contributed by atoms with Crippen molar-refractivity contribution in [2.75, 3.05) is 13.1 Å². The van der Waals surface area contributed by atoms with Crippen LogP contribution in [0.1, 0.15) is 47.0 Å². The average molecular weight is 169 g/mol. The quantitative estimate of drug-likeness (QED) is 0.583. The van der Waals surface area contributed by atoms with E-state index < -0.39 is 0 Å². The lowest BCUT2D eigenvalue weighted by Crippen LogP contribution is -2.47. The smallest absolute Gasteiger partial charge is 0.0125 e. The predicted octanol–water partition coefficient (Wildman–Crippen LogP) is 2.91. The normalized spacial score (nSPS) is 27.5. The van der Waals surface area contributed by atoms with Crippen LogP contribution in [-0.2, 0) is 0 Å². The molecule has 1 aliphatic heterocycles. The van der Waals surface area contributed by atoms with Crippen LogP contribution < -0.4 is 0 Å². The maximum absolute atomic E-state index is 2.63. The second-order valence-electron chi connectivity index (χ2n) is 5.03. The van der Waals surface area contributed by atoms with Crippen LogP contribution in [0, 0.1) is 5.92 Å². The molecule has 72 valence electrons. The maximum atomic E-state index is 2.63. The zero-order valence-corrected chi connectivity index (χ0v) is 9.06. The van der Waals surface area contributed by atoms with E-state index in [2.05, 4.69) is 32.6 Å². The number of hydrogen-bond acceptors (Lipinski definition) is 1. The maximum Gasteiger partial charge on any atom is 0.0125 e. The first-order valence-electron chi connectivity index (χ1n) is 5.29. The summed E-state index contributed by atoms with van der Waals surface area (Å²) in [5.41, 5.74) is 0.383. The second kappa shape index (κ2) is 3.78. The van der Waals surface area contributed by atoms with Crippen molar-refractivity contribution in [1.82, 2.24) is 4.90 Å². The Bertz CT molecular complexity index is 134. The number of piperidine rings is 1. The topological polar surface area (TPSA) is 3.24 Å². The van der Waals surface area contributed by atoms with Crippen molar-refractivity contribution in [3.8, 4) is 0 Å². The van der Waals surface area contributed by atoms with Crippen LogP contribution in [0.2, 0.25) is 0 Å². The molecule has 12 heavy (non-hydrogen) atoms. The van der Waals surface area contributed by atoms with Crippen LogP contribution in [0.25, 0.3) is 0 Å². The molecule has 1 fully saturated rings. The Morgan fingerprint density at radius 1 is 1.33 bits per heavy atom. The molecule has 0 aromatic carbocycles. The molecular weight excluding hydrogens is 146 g/mol. The fourth-order valence-corrected chi connectivity index (χ4v) is 2.01. The third kappa shape index (κ3) is 2.48. The summed E-state index contributed by atoms with van der Waals surface area (Å²) in [5, 5.41) is 0. The molecule has 1 heteroatoms. The van der Waals surface area contributed by atoms with Gasteiger partial charge in [0, 0.05) is 12.1 Å². The molecule has 1 saturated heterocycles. The van der Waals surface area contributed by atoms with Gasteiger partial charge in [-0.25, -0.2) is 0 Å². The van der Waals surface area contributed by atoms with Gasteiger partial charge in [-0.2, -0.15) is 0 Å². The highest BCUT2D eigenvalue weighted by Gasteiger charge is 2.26. The monoisotopic (exact) mass is 169 g/mol. The highest BCUT2D eigenvalue weighted by Crippen LogP contribution is 2.24. The molecule has 0 unspecified atom stereocenters. The van der Waals surface area contributed by atoms with Crippen molar-refractivity contribution < 1.29 is 0 Å². The van der Waals surface area contributed by atoms with Gasteiger partial charge in [-0.15, -0.1) is 0 Å². The zero-order valence-electron chi connectivity index (χ0n) is 9.06. The van der Waals surface area contributed by atoms with E-state index in [0.29, 0.717) is 5.54 Å². The lowest BCUT2D eigenvalue weighted by Gasteiger charge is -2.41. The SMILES string of the molecule is CC[C@@H]1CCCN(C(C)(C)C)C1. The molecular formula is C11H23N. The molecule has 0 aliphatic carbocycles. The van der Waals surface area contributed by atoms with Crippen molar-refractivity contribution in [3.05, 3.63) is 0 Å². The molecule has 0 bridgehead atoms. The van der Waals surface area contributed by atoms with E-state index in [1.165, 1.54) is 32.4 Å². The summed E-state index contributed by atoms with van der Waals surface area (Å²) in [4.78, 5) is 2.63. The first kappa shape index (κ1) is 10.0. The number of nitrogens with zero attached hydrogens (tertiary/aromatic N) is 1. The summed E-state index contributed by atoms with van der Waals surface area (Å²) >= 11 is 0. The third-order valence-corrected chi connectivity index (χ3v) is 3.05. The number of hydrogen-bond donors (Lipinski definition) is 0. The van der Waals surface area contributed by atoms with Gasteiger partial charge in [0.2, 0.25) is 0 Å². The largest absolute Gasteiger partial charge is 0.298 e. The number of rotatable bonds is 1. The minimum atomic E-state index is 0.383. The highest BCUT2D eigenvalue weighted by atomic mass is 15.2. The van der Waals surface area contributed by atoms with Gasteiger partial charge < -0.3 is 0 Å². The van der Waals surface area contributed by atoms with Crippen molar-refractivity contribution in [1.29, 1.82) is 0 Å². The standard InChI is InChI=1S/C11H23N/c1-5-10-7-6-8-12(9-10)11(2,3)4/h10H,5-9H2,1-4H3/t10-/m1/s1. The van der Waals surface area contributed by atoms with Crippen LogP contribution in [0.5, 0.6) is 0 Å². The minimum Gasteiger partial charge on any atom is -0.298 e. The molecule has 0 spiro atoms. The summed E-state index contributed by atoms with van der Waals surface area (Å²) in [5.74, 6) is 0.956. The summed E-state index contributed by atoms with van der Waals surface area (Å²) in [7, 11) is 0. The molecule has 1 aliphatic rings. The van der Waals surface area contributed by atoms with Crippen LogP contribution >= 0.6 is 0 Å². The van der Waals surface area contributed by atoms with Crippen LogP contribution in [0.15, 0.2) is 0 Å². The summed E-state index contributed by atoms with van der Waals surface area (Å²) in [6.45, 7) is 11.9. The van der Waals surface area contributed by atoms with Gasteiger partial charge in [0.05, 0.1) is 0 Å².